The summed E-state index contributed by atoms with van der Waals surface area (Å²) in [6.45, 7) is 11.0. The summed E-state index contributed by atoms with van der Waals surface area (Å²) in [5, 5.41) is 3.47. The van der Waals surface area contributed by atoms with Gasteiger partial charge in [-0.05, 0) is 17.8 Å². The molecule has 16 heavy (non-hydrogen) atoms. The van der Waals surface area contributed by atoms with Crippen LogP contribution in [0, 0.1) is 11.3 Å². The number of nitrogens with one attached hydrogen (secondary N) is 1. The normalized spacial score (nSPS) is 12.1. The van der Waals surface area contributed by atoms with Crippen LogP contribution in [0.3, 0.4) is 0 Å². The third-order valence-corrected chi connectivity index (χ3v) is 2.51. The standard InChI is InChI=1S/C13H23N3/c1-11(2)5-13(3,4)9-14-6-12-7-15-10-16-8-12/h7-8,10-11,14H,5-6,9H2,1-4H3. The molecule has 0 aliphatic rings. The van der Waals surface area contributed by atoms with Crippen LogP contribution in [0.1, 0.15) is 39.7 Å². The van der Waals surface area contributed by atoms with Crippen molar-refractivity contribution in [2.45, 2.75) is 40.7 Å². The van der Waals surface area contributed by atoms with Gasteiger partial charge in [0.15, 0.2) is 0 Å². The molecular weight excluding hydrogens is 198 g/mol. The molecule has 0 saturated heterocycles. The first-order chi connectivity index (χ1) is 7.49. The fourth-order valence-electron chi connectivity index (χ4n) is 2.14. The SMILES string of the molecule is CC(C)CC(C)(C)CNCc1cncnc1. The molecule has 3 nitrogen and oxygen atoms in total. The van der Waals surface area contributed by atoms with Crippen molar-refractivity contribution in [2.75, 3.05) is 6.54 Å². The molecule has 3 heteroatoms. The number of nitrogens with zero attached hydrogens (tertiary/aromatic N) is 2. The van der Waals surface area contributed by atoms with Crippen molar-refractivity contribution in [3.63, 3.8) is 0 Å². The van der Waals surface area contributed by atoms with Crippen LogP contribution < -0.4 is 5.32 Å². The van der Waals surface area contributed by atoms with Gasteiger partial charge in [0, 0.05) is 31.0 Å². The van der Waals surface area contributed by atoms with E-state index in [1.807, 2.05) is 12.4 Å². The maximum absolute atomic E-state index is 4.00. The lowest BCUT2D eigenvalue weighted by atomic mass is 9.84. The molecule has 0 bridgehead atoms. The van der Waals surface area contributed by atoms with Gasteiger partial charge in [0.25, 0.3) is 0 Å². The quantitative estimate of drug-likeness (QED) is 0.802. The Morgan fingerprint density at radius 2 is 1.88 bits per heavy atom. The molecule has 1 rings (SSSR count). The summed E-state index contributed by atoms with van der Waals surface area (Å²) in [7, 11) is 0. The fourth-order valence-corrected chi connectivity index (χ4v) is 2.14. The van der Waals surface area contributed by atoms with E-state index in [0.29, 0.717) is 5.41 Å². The molecule has 1 aromatic heterocycles. The molecular formula is C13H23N3. The molecule has 1 heterocycles. The average molecular weight is 221 g/mol. The van der Waals surface area contributed by atoms with Crippen LogP contribution in [-0.4, -0.2) is 16.5 Å². The van der Waals surface area contributed by atoms with Gasteiger partial charge < -0.3 is 5.32 Å². The van der Waals surface area contributed by atoms with Gasteiger partial charge in [-0.15, -0.1) is 0 Å². The highest BCUT2D eigenvalue weighted by Crippen LogP contribution is 2.24. The van der Waals surface area contributed by atoms with Gasteiger partial charge in [0.1, 0.15) is 6.33 Å². The second-order valence-electron chi connectivity index (χ2n) is 5.61. The van der Waals surface area contributed by atoms with Gasteiger partial charge in [-0.25, -0.2) is 9.97 Å². The summed E-state index contributed by atoms with van der Waals surface area (Å²) < 4.78 is 0. The van der Waals surface area contributed by atoms with Crippen molar-refractivity contribution in [3.05, 3.63) is 24.3 Å². The van der Waals surface area contributed by atoms with E-state index in [9.17, 15) is 0 Å². The first-order valence-electron chi connectivity index (χ1n) is 5.94. The maximum atomic E-state index is 4.00. The molecule has 0 unspecified atom stereocenters. The molecule has 0 atom stereocenters. The Bertz CT molecular complexity index is 293. The van der Waals surface area contributed by atoms with Gasteiger partial charge >= 0.3 is 0 Å². The molecule has 0 amide bonds. The Morgan fingerprint density at radius 3 is 2.44 bits per heavy atom. The summed E-state index contributed by atoms with van der Waals surface area (Å²) in [6, 6.07) is 0. The number of aromatic nitrogens is 2. The first-order valence-corrected chi connectivity index (χ1v) is 5.94. The highest BCUT2D eigenvalue weighted by molar-refractivity contribution is 5.01. The van der Waals surface area contributed by atoms with E-state index in [0.717, 1.165) is 24.6 Å². The Kier molecular flexibility index (Phi) is 4.87. The van der Waals surface area contributed by atoms with Crippen molar-refractivity contribution in [1.82, 2.24) is 15.3 Å². The largest absolute Gasteiger partial charge is 0.312 e. The third-order valence-electron chi connectivity index (χ3n) is 2.51. The lowest BCUT2D eigenvalue weighted by Gasteiger charge is -2.27. The summed E-state index contributed by atoms with van der Waals surface area (Å²) in [6.07, 6.45) is 6.52. The number of hydrogen-bond donors (Lipinski definition) is 1. The van der Waals surface area contributed by atoms with E-state index in [2.05, 4.69) is 43.0 Å². The van der Waals surface area contributed by atoms with Crippen molar-refractivity contribution in [2.24, 2.45) is 11.3 Å². The molecule has 0 fully saturated rings. The van der Waals surface area contributed by atoms with Crippen LogP contribution in [-0.2, 0) is 6.54 Å². The van der Waals surface area contributed by atoms with Crippen LogP contribution in [0.25, 0.3) is 0 Å². The van der Waals surface area contributed by atoms with Crippen LogP contribution in [0.15, 0.2) is 18.7 Å². The summed E-state index contributed by atoms with van der Waals surface area (Å²) in [4.78, 5) is 7.99. The summed E-state index contributed by atoms with van der Waals surface area (Å²) in [5.41, 5.74) is 1.49. The zero-order chi connectivity index (χ0) is 12.0. The Labute approximate surface area is 98.7 Å². The van der Waals surface area contributed by atoms with Crippen LogP contribution in [0.2, 0.25) is 0 Å². The zero-order valence-corrected chi connectivity index (χ0v) is 10.8. The predicted molar refractivity (Wildman–Crippen MR) is 67.0 cm³/mol. The summed E-state index contributed by atoms with van der Waals surface area (Å²) >= 11 is 0. The molecule has 0 spiro atoms. The molecule has 1 aromatic rings. The van der Waals surface area contributed by atoms with Gasteiger partial charge in [-0.2, -0.15) is 0 Å². The average Bonchev–Trinajstić information content (AvgIpc) is 2.16. The van der Waals surface area contributed by atoms with Gasteiger partial charge in [0.05, 0.1) is 0 Å². The lowest BCUT2D eigenvalue weighted by Crippen LogP contribution is -2.30. The topological polar surface area (TPSA) is 37.8 Å². The maximum Gasteiger partial charge on any atom is 0.115 e. The fraction of sp³-hybridized carbons (Fsp3) is 0.692. The van der Waals surface area contributed by atoms with Gasteiger partial charge in [-0.1, -0.05) is 27.7 Å². The van der Waals surface area contributed by atoms with Gasteiger partial charge in [0.2, 0.25) is 0 Å². The van der Waals surface area contributed by atoms with E-state index in [4.69, 9.17) is 0 Å². The highest BCUT2D eigenvalue weighted by atomic mass is 14.9. The second kappa shape index (κ2) is 5.94. The smallest absolute Gasteiger partial charge is 0.115 e. The van der Waals surface area contributed by atoms with Crippen LogP contribution in [0.5, 0.6) is 0 Å². The minimum absolute atomic E-state index is 0.351. The van der Waals surface area contributed by atoms with E-state index in [1.165, 1.54) is 6.42 Å². The Hall–Kier alpha value is -0.960. The molecule has 0 radical (unpaired) electrons. The summed E-state index contributed by atoms with van der Waals surface area (Å²) in [5.74, 6) is 0.747. The molecule has 0 aromatic carbocycles. The van der Waals surface area contributed by atoms with Crippen molar-refractivity contribution in [1.29, 1.82) is 0 Å². The Balaban J connectivity index is 2.30. The second-order valence-corrected chi connectivity index (χ2v) is 5.61. The number of hydrogen-bond acceptors (Lipinski definition) is 3. The monoisotopic (exact) mass is 221 g/mol. The lowest BCUT2D eigenvalue weighted by molar-refractivity contribution is 0.273. The first kappa shape index (κ1) is 13.1. The van der Waals surface area contributed by atoms with E-state index < -0.39 is 0 Å². The molecule has 0 saturated carbocycles. The zero-order valence-electron chi connectivity index (χ0n) is 10.8. The van der Waals surface area contributed by atoms with Crippen LogP contribution >= 0.6 is 0 Å². The minimum atomic E-state index is 0.351. The predicted octanol–water partition coefficient (Wildman–Crippen LogP) is 2.64. The Morgan fingerprint density at radius 1 is 1.25 bits per heavy atom. The van der Waals surface area contributed by atoms with Crippen molar-refractivity contribution < 1.29 is 0 Å². The van der Waals surface area contributed by atoms with Crippen molar-refractivity contribution in [3.8, 4) is 0 Å². The highest BCUT2D eigenvalue weighted by Gasteiger charge is 2.18. The molecule has 0 aliphatic heterocycles. The molecule has 90 valence electrons. The minimum Gasteiger partial charge on any atom is -0.312 e. The molecule has 1 N–H and O–H groups in total. The van der Waals surface area contributed by atoms with Crippen LogP contribution in [0.4, 0.5) is 0 Å². The van der Waals surface area contributed by atoms with E-state index >= 15 is 0 Å². The van der Waals surface area contributed by atoms with Crippen molar-refractivity contribution >= 4 is 0 Å². The van der Waals surface area contributed by atoms with E-state index in [-0.39, 0.29) is 0 Å². The third kappa shape index (κ3) is 5.21. The number of rotatable bonds is 6. The molecule has 0 aliphatic carbocycles. The van der Waals surface area contributed by atoms with E-state index in [1.54, 1.807) is 6.33 Å². The van der Waals surface area contributed by atoms with Gasteiger partial charge in [-0.3, -0.25) is 0 Å².